The van der Waals surface area contributed by atoms with Crippen LogP contribution in [0.4, 0.5) is 0 Å². The second-order valence-electron chi connectivity index (χ2n) is 8.28. The summed E-state index contributed by atoms with van der Waals surface area (Å²) in [7, 11) is 0. The van der Waals surface area contributed by atoms with Gasteiger partial charge in [0.2, 0.25) is 11.8 Å². The number of amides is 1. The van der Waals surface area contributed by atoms with E-state index in [1.54, 1.807) is 17.3 Å². The van der Waals surface area contributed by atoms with Gasteiger partial charge in [-0.05, 0) is 42.8 Å². The van der Waals surface area contributed by atoms with Gasteiger partial charge >= 0.3 is 0 Å². The summed E-state index contributed by atoms with van der Waals surface area (Å²) in [5, 5.41) is 17.0. The van der Waals surface area contributed by atoms with Gasteiger partial charge in [-0.2, -0.15) is 5.10 Å². The lowest BCUT2D eigenvalue weighted by Crippen LogP contribution is -2.36. The van der Waals surface area contributed by atoms with Crippen molar-refractivity contribution in [2.24, 2.45) is 0 Å². The molecule has 9 nitrogen and oxygen atoms in total. The lowest BCUT2D eigenvalue weighted by atomic mass is 10.2. The maximum Gasteiger partial charge on any atom is 0.248 e. The lowest BCUT2D eigenvalue weighted by molar-refractivity contribution is -0.134. The van der Waals surface area contributed by atoms with E-state index in [9.17, 15) is 4.79 Å². The third-order valence-corrected chi connectivity index (χ3v) is 5.95. The van der Waals surface area contributed by atoms with Gasteiger partial charge in [0.25, 0.3) is 0 Å². The summed E-state index contributed by atoms with van der Waals surface area (Å²) in [5.41, 5.74) is 3.73. The predicted molar refractivity (Wildman–Crippen MR) is 127 cm³/mol. The van der Waals surface area contributed by atoms with Gasteiger partial charge in [0.15, 0.2) is 0 Å². The van der Waals surface area contributed by atoms with Gasteiger partial charge in [0, 0.05) is 62.1 Å². The number of H-pyrrole nitrogens is 1. The molecule has 1 fully saturated rings. The SMILES string of the molecule is O=C(CO)N1CCCN(Cc2ccc3cc(Oc4ccc(-c5ccn[nH]5)cn4)ccc3n2)CC1. The largest absolute Gasteiger partial charge is 0.439 e. The molecule has 0 saturated carbocycles. The van der Waals surface area contributed by atoms with Crippen LogP contribution < -0.4 is 4.74 Å². The van der Waals surface area contributed by atoms with E-state index in [2.05, 4.69) is 26.1 Å². The number of ether oxygens (including phenoxy) is 1. The monoisotopic (exact) mass is 458 g/mol. The molecule has 9 heteroatoms. The Bertz CT molecular complexity index is 1260. The molecule has 1 saturated heterocycles. The molecule has 174 valence electrons. The third kappa shape index (κ3) is 5.05. The van der Waals surface area contributed by atoms with Crippen LogP contribution in [0, 0.1) is 0 Å². The Balaban J connectivity index is 1.23. The molecule has 0 aliphatic carbocycles. The number of fused-ring (bicyclic) bond motifs is 1. The van der Waals surface area contributed by atoms with Crippen LogP contribution in [0.2, 0.25) is 0 Å². The van der Waals surface area contributed by atoms with Gasteiger partial charge < -0.3 is 14.7 Å². The summed E-state index contributed by atoms with van der Waals surface area (Å²) < 4.78 is 5.94. The van der Waals surface area contributed by atoms with Crippen molar-refractivity contribution in [3.05, 3.63) is 66.6 Å². The predicted octanol–water partition coefficient (Wildman–Crippen LogP) is 2.84. The molecular formula is C25H26N6O3. The normalized spacial score (nSPS) is 14.8. The van der Waals surface area contributed by atoms with Crippen LogP contribution in [0.3, 0.4) is 0 Å². The van der Waals surface area contributed by atoms with E-state index in [1.165, 1.54) is 0 Å². The number of nitrogens with zero attached hydrogens (tertiary/aromatic N) is 5. The summed E-state index contributed by atoms with van der Waals surface area (Å²) in [6, 6.07) is 15.6. The second kappa shape index (κ2) is 9.98. The lowest BCUT2D eigenvalue weighted by Gasteiger charge is -2.21. The molecule has 5 rings (SSSR count). The summed E-state index contributed by atoms with van der Waals surface area (Å²) >= 11 is 0. The fourth-order valence-corrected chi connectivity index (χ4v) is 4.14. The van der Waals surface area contributed by atoms with E-state index >= 15 is 0 Å². The molecule has 3 aromatic heterocycles. The highest BCUT2D eigenvalue weighted by Crippen LogP contribution is 2.26. The van der Waals surface area contributed by atoms with Crippen LogP contribution in [0.25, 0.3) is 22.2 Å². The number of rotatable bonds is 6. The first-order valence-corrected chi connectivity index (χ1v) is 11.3. The molecule has 0 bridgehead atoms. The topological polar surface area (TPSA) is 107 Å². The van der Waals surface area contributed by atoms with Crippen molar-refractivity contribution in [2.45, 2.75) is 13.0 Å². The molecule has 2 N–H and O–H groups in total. The molecule has 0 unspecified atom stereocenters. The van der Waals surface area contributed by atoms with Crippen LogP contribution in [0.1, 0.15) is 12.1 Å². The zero-order valence-corrected chi connectivity index (χ0v) is 18.7. The number of aromatic amines is 1. The third-order valence-electron chi connectivity index (χ3n) is 5.95. The number of hydrogen-bond donors (Lipinski definition) is 2. The highest BCUT2D eigenvalue weighted by Gasteiger charge is 2.18. The molecule has 1 aliphatic heterocycles. The highest BCUT2D eigenvalue weighted by molar-refractivity contribution is 5.80. The molecule has 4 aromatic rings. The highest BCUT2D eigenvalue weighted by atomic mass is 16.5. The summed E-state index contributed by atoms with van der Waals surface area (Å²) in [6.07, 6.45) is 4.34. The van der Waals surface area contributed by atoms with Crippen molar-refractivity contribution in [2.75, 3.05) is 32.8 Å². The molecule has 34 heavy (non-hydrogen) atoms. The molecule has 1 amide bonds. The summed E-state index contributed by atoms with van der Waals surface area (Å²) in [4.78, 5) is 25.0. The number of pyridine rings is 2. The Morgan fingerprint density at radius 1 is 1.06 bits per heavy atom. The first-order chi connectivity index (χ1) is 16.7. The Labute approximate surface area is 197 Å². The molecule has 0 atom stereocenters. The molecule has 0 spiro atoms. The van der Waals surface area contributed by atoms with Crippen LogP contribution in [-0.4, -0.2) is 73.8 Å². The average molecular weight is 459 g/mol. The van der Waals surface area contributed by atoms with E-state index in [0.717, 1.165) is 53.9 Å². The fourth-order valence-electron chi connectivity index (χ4n) is 4.14. The van der Waals surface area contributed by atoms with Gasteiger partial charge in [0.1, 0.15) is 12.4 Å². The zero-order valence-electron chi connectivity index (χ0n) is 18.7. The van der Waals surface area contributed by atoms with E-state index in [-0.39, 0.29) is 5.91 Å². The standard InChI is InChI=1S/C25H26N6O3/c32-17-25(33)31-11-1-10-30(12-13-31)16-20-4-2-18-14-21(5-6-22(18)28-20)34-24-7-3-19(15-26-24)23-8-9-27-29-23/h2-9,14-15,32H,1,10-13,16-17H2,(H,27,29). The van der Waals surface area contributed by atoms with E-state index < -0.39 is 6.61 Å². The molecule has 0 radical (unpaired) electrons. The fraction of sp³-hybridized carbons (Fsp3) is 0.280. The smallest absolute Gasteiger partial charge is 0.248 e. The maximum absolute atomic E-state index is 11.8. The number of hydrogen-bond acceptors (Lipinski definition) is 7. The van der Waals surface area contributed by atoms with Gasteiger partial charge in [-0.3, -0.25) is 19.8 Å². The van der Waals surface area contributed by atoms with Crippen molar-refractivity contribution in [3.63, 3.8) is 0 Å². The number of benzene rings is 1. The quantitative estimate of drug-likeness (QED) is 0.457. The maximum atomic E-state index is 11.8. The Morgan fingerprint density at radius 3 is 2.79 bits per heavy atom. The van der Waals surface area contributed by atoms with Crippen molar-refractivity contribution in [1.82, 2.24) is 30.0 Å². The number of nitrogens with one attached hydrogen (secondary N) is 1. The molecule has 1 aromatic carbocycles. The first kappa shape index (κ1) is 22.0. The summed E-state index contributed by atoms with van der Waals surface area (Å²) in [5.74, 6) is 1.01. The van der Waals surface area contributed by atoms with Gasteiger partial charge in [-0.1, -0.05) is 6.07 Å². The van der Waals surface area contributed by atoms with E-state index in [0.29, 0.717) is 24.7 Å². The van der Waals surface area contributed by atoms with Crippen LogP contribution in [-0.2, 0) is 11.3 Å². The number of carbonyl (C=O) groups is 1. The van der Waals surface area contributed by atoms with Crippen LogP contribution in [0.15, 0.2) is 60.9 Å². The van der Waals surface area contributed by atoms with E-state index in [1.807, 2.05) is 42.5 Å². The zero-order chi connectivity index (χ0) is 23.3. The Morgan fingerprint density at radius 2 is 2.00 bits per heavy atom. The minimum Gasteiger partial charge on any atom is -0.439 e. The minimum absolute atomic E-state index is 0.201. The Hall–Kier alpha value is -3.82. The van der Waals surface area contributed by atoms with Crippen molar-refractivity contribution in [1.29, 1.82) is 0 Å². The van der Waals surface area contributed by atoms with Gasteiger partial charge in [0.05, 0.1) is 16.9 Å². The Kier molecular flexibility index (Phi) is 6.46. The van der Waals surface area contributed by atoms with Crippen molar-refractivity contribution >= 4 is 16.8 Å². The van der Waals surface area contributed by atoms with E-state index in [4.69, 9.17) is 14.8 Å². The number of carbonyl (C=O) groups excluding carboxylic acids is 1. The number of aliphatic hydroxyl groups is 1. The molecular weight excluding hydrogens is 432 g/mol. The molecule has 4 heterocycles. The first-order valence-electron chi connectivity index (χ1n) is 11.3. The minimum atomic E-state index is -0.426. The number of aliphatic hydroxyl groups excluding tert-OH is 1. The van der Waals surface area contributed by atoms with Crippen molar-refractivity contribution in [3.8, 4) is 22.9 Å². The average Bonchev–Trinajstić information content (AvgIpc) is 3.31. The second-order valence-corrected chi connectivity index (χ2v) is 8.28. The van der Waals surface area contributed by atoms with Gasteiger partial charge in [-0.15, -0.1) is 0 Å². The summed E-state index contributed by atoms with van der Waals surface area (Å²) in [6.45, 7) is 3.28. The van der Waals surface area contributed by atoms with Crippen LogP contribution >= 0.6 is 0 Å². The van der Waals surface area contributed by atoms with Crippen LogP contribution in [0.5, 0.6) is 11.6 Å². The number of aromatic nitrogens is 4. The molecule has 1 aliphatic rings. The van der Waals surface area contributed by atoms with Crippen molar-refractivity contribution < 1.29 is 14.6 Å². The van der Waals surface area contributed by atoms with Gasteiger partial charge in [-0.25, -0.2) is 4.98 Å².